The molecule has 1 amide bonds. The molecule has 2 rings (SSSR count). The van der Waals surface area contributed by atoms with Crippen LogP contribution in [0.25, 0.3) is 0 Å². The molecular weight excluding hydrogens is 371 g/mol. The number of amides is 1. The van der Waals surface area contributed by atoms with Gasteiger partial charge in [-0.2, -0.15) is 5.10 Å². The predicted molar refractivity (Wildman–Crippen MR) is 107 cm³/mol. The summed E-state index contributed by atoms with van der Waals surface area (Å²) in [6, 6.07) is 7.29. The molecule has 5 nitrogen and oxygen atoms in total. The molecule has 2 aromatic rings. The molecule has 0 fully saturated rings. The molecule has 1 aromatic heterocycles. The van der Waals surface area contributed by atoms with Gasteiger partial charge in [0.15, 0.2) is 0 Å². The second kappa shape index (κ2) is 9.40. The van der Waals surface area contributed by atoms with Crippen molar-refractivity contribution < 1.29 is 4.79 Å². The molecule has 0 radical (unpaired) electrons. The Labute approximate surface area is 165 Å². The van der Waals surface area contributed by atoms with Crippen molar-refractivity contribution in [3.05, 3.63) is 51.3 Å². The number of benzene rings is 1. The zero-order valence-corrected chi connectivity index (χ0v) is 17.2. The van der Waals surface area contributed by atoms with E-state index in [2.05, 4.69) is 28.9 Å². The third kappa shape index (κ3) is 5.73. The Kier molecular flexibility index (Phi) is 7.50. The lowest BCUT2D eigenvalue weighted by Gasteiger charge is -2.23. The molecule has 7 heteroatoms. The lowest BCUT2D eigenvalue weighted by Crippen LogP contribution is -2.33. The summed E-state index contributed by atoms with van der Waals surface area (Å²) >= 11 is 12.1. The van der Waals surface area contributed by atoms with Gasteiger partial charge in [0.25, 0.3) is 5.91 Å². The minimum atomic E-state index is -0.0852. The predicted octanol–water partition coefficient (Wildman–Crippen LogP) is 4.43. The van der Waals surface area contributed by atoms with E-state index in [0.717, 1.165) is 24.2 Å². The van der Waals surface area contributed by atoms with Crippen molar-refractivity contribution in [3.8, 4) is 0 Å². The van der Waals surface area contributed by atoms with Crippen LogP contribution in [0.1, 0.15) is 47.9 Å². The number of carbonyl (C=O) groups is 1. The van der Waals surface area contributed by atoms with Crippen LogP contribution in [0.2, 0.25) is 10.0 Å². The largest absolute Gasteiger partial charge is 0.333 e. The van der Waals surface area contributed by atoms with Crippen LogP contribution >= 0.6 is 23.2 Å². The molecule has 0 aliphatic heterocycles. The molecular formula is C19H26Cl2N4O. The van der Waals surface area contributed by atoms with Crippen molar-refractivity contribution in [3.63, 3.8) is 0 Å². The molecule has 1 N–H and O–H groups in total. The van der Waals surface area contributed by atoms with Crippen molar-refractivity contribution in [1.82, 2.24) is 20.0 Å². The number of hydrogen-bond donors (Lipinski definition) is 1. The number of nitrogens with zero attached hydrogens (tertiary/aromatic N) is 3. The highest BCUT2D eigenvalue weighted by atomic mass is 35.5. The lowest BCUT2D eigenvalue weighted by atomic mass is 10.1. The SMILES string of the molecule is CC(C)c1cc(C(=O)N(CCCN(C)C)Cc2ccc(Cl)c(Cl)c2)n[nH]1. The third-order valence-electron chi connectivity index (χ3n) is 4.12. The number of aromatic nitrogens is 2. The average molecular weight is 397 g/mol. The topological polar surface area (TPSA) is 52.2 Å². The fraction of sp³-hybridized carbons (Fsp3) is 0.474. The number of hydrogen-bond acceptors (Lipinski definition) is 3. The maximum Gasteiger partial charge on any atom is 0.274 e. The molecule has 26 heavy (non-hydrogen) atoms. The van der Waals surface area contributed by atoms with Crippen molar-refractivity contribution in [2.45, 2.75) is 32.7 Å². The summed E-state index contributed by atoms with van der Waals surface area (Å²) in [7, 11) is 4.04. The van der Waals surface area contributed by atoms with Gasteiger partial charge in [0, 0.05) is 18.8 Å². The van der Waals surface area contributed by atoms with Gasteiger partial charge in [0.2, 0.25) is 0 Å². The van der Waals surface area contributed by atoms with Gasteiger partial charge in [-0.15, -0.1) is 0 Å². The monoisotopic (exact) mass is 396 g/mol. The van der Waals surface area contributed by atoms with Gasteiger partial charge >= 0.3 is 0 Å². The number of nitrogens with one attached hydrogen (secondary N) is 1. The summed E-state index contributed by atoms with van der Waals surface area (Å²) in [5.74, 6) is 0.208. The van der Waals surface area contributed by atoms with E-state index in [1.54, 1.807) is 12.1 Å². The Hall–Kier alpha value is -1.56. The van der Waals surface area contributed by atoms with Crippen LogP contribution in [0.3, 0.4) is 0 Å². The molecule has 0 saturated carbocycles. The quantitative estimate of drug-likeness (QED) is 0.717. The van der Waals surface area contributed by atoms with Crippen molar-refractivity contribution in [2.75, 3.05) is 27.2 Å². The standard InChI is InChI=1S/C19H26Cl2N4O/c1-13(2)17-11-18(23-22-17)19(26)25(9-5-8-24(3)4)12-14-6-7-15(20)16(21)10-14/h6-7,10-11,13H,5,8-9,12H2,1-4H3,(H,22,23). The van der Waals surface area contributed by atoms with E-state index in [-0.39, 0.29) is 5.91 Å². The summed E-state index contributed by atoms with van der Waals surface area (Å²) in [6.07, 6.45) is 0.877. The minimum Gasteiger partial charge on any atom is -0.333 e. The van der Waals surface area contributed by atoms with E-state index >= 15 is 0 Å². The number of rotatable bonds is 8. The first-order chi connectivity index (χ1) is 12.3. The van der Waals surface area contributed by atoms with Crippen LogP contribution in [-0.2, 0) is 6.54 Å². The van der Waals surface area contributed by atoms with E-state index < -0.39 is 0 Å². The normalized spacial score (nSPS) is 11.4. The van der Waals surface area contributed by atoms with E-state index in [0.29, 0.717) is 34.7 Å². The Morgan fingerprint density at radius 1 is 1.15 bits per heavy atom. The second-order valence-electron chi connectivity index (χ2n) is 7.00. The molecule has 142 valence electrons. The highest BCUT2D eigenvalue weighted by Crippen LogP contribution is 2.24. The Bertz CT molecular complexity index is 743. The summed E-state index contributed by atoms with van der Waals surface area (Å²) in [5, 5.41) is 8.15. The van der Waals surface area contributed by atoms with Gasteiger partial charge in [0.05, 0.1) is 10.0 Å². The van der Waals surface area contributed by atoms with Crippen LogP contribution in [-0.4, -0.2) is 53.1 Å². The zero-order valence-electron chi connectivity index (χ0n) is 15.7. The first-order valence-corrected chi connectivity index (χ1v) is 9.46. The fourth-order valence-electron chi connectivity index (χ4n) is 2.59. The van der Waals surface area contributed by atoms with Crippen molar-refractivity contribution in [1.29, 1.82) is 0 Å². The third-order valence-corrected chi connectivity index (χ3v) is 4.86. The molecule has 0 atom stereocenters. The van der Waals surface area contributed by atoms with E-state index in [1.165, 1.54) is 0 Å². The van der Waals surface area contributed by atoms with Gasteiger partial charge in [-0.3, -0.25) is 9.89 Å². The summed E-state index contributed by atoms with van der Waals surface area (Å²) < 4.78 is 0. The van der Waals surface area contributed by atoms with Gasteiger partial charge in [0.1, 0.15) is 5.69 Å². The number of aromatic amines is 1. The van der Waals surface area contributed by atoms with Crippen LogP contribution in [0.4, 0.5) is 0 Å². The average Bonchev–Trinajstić information content (AvgIpc) is 3.06. The van der Waals surface area contributed by atoms with Crippen LogP contribution < -0.4 is 0 Å². The zero-order chi connectivity index (χ0) is 19.3. The van der Waals surface area contributed by atoms with Gasteiger partial charge in [-0.1, -0.05) is 43.1 Å². The van der Waals surface area contributed by atoms with Gasteiger partial charge in [-0.25, -0.2) is 0 Å². The maximum atomic E-state index is 13.0. The van der Waals surface area contributed by atoms with Crippen molar-refractivity contribution >= 4 is 29.1 Å². The molecule has 0 saturated heterocycles. The smallest absolute Gasteiger partial charge is 0.274 e. The fourth-order valence-corrected chi connectivity index (χ4v) is 2.91. The molecule has 1 aromatic carbocycles. The van der Waals surface area contributed by atoms with E-state index in [9.17, 15) is 4.79 Å². The molecule has 0 bridgehead atoms. The van der Waals surface area contributed by atoms with Gasteiger partial charge < -0.3 is 9.80 Å². The Balaban J connectivity index is 2.17. The van der Waals surface area contributed by atoms with Gasteiger partial charge in [-0.05, 0) is 56.7 Å². The van der Waals surface area contributed by atoms with Crippen LogP contribution in [0.5, 0.6) is 0 Å². The molecule has 0 aliphatic rings. The Morgan fingerprint density at radius 3 is 2.46 bits per heavy atom. The summed E-state index contributed by atoms with van der Waals surface area (Å²) in [4.78, 5) is 16.9. The highest BCUT2D eigenvalue weighted by molar-refractivity contribution is 6.42. The minimum absolute atomic E-state index is 0.0852. The van der Waals surface area contributed by atoms with Crippen LogP contribution in [0, 0.1) is 0 Å². The highest BCUT2D eigenvalue weighted by Gasteiger charge is 2.20. The molecule has 0 spiro atoms. The number of carbonyl (C=O) groups excluding carboxylic acids is 1. The summed E-state index contributed by atoms with van der Waals surface area (Å²) in [6.45, 7) is 6.13. The second-order valence-corrected chi connectivity index (χ2v) is 7.81. The Morgan fingerprint density at radius 2 is 1.88 bits per heavy atom. The molecule has 1 heterocycles. The molecule has 0 aliphatic carbocycles. The first-order valence-electron chi connectivity index (χ1n) is 8.71. The number of H-pyrrole nitrogens is 1. The lowest BCUT2D eigenvalue weighted by molar-refractivity contribution is 0.0731. The van der Waals surface area contributed by atoms with Crippen LogP contribution in [0.15, 0.2) is 24.3 Å². The molecule has 0 unspecified atom stereocenters. The van der Waals surface area contributed by atoms with Crippen molar-refractivity contribution in [2.24, 2.45) is 0 Å². The summed E-state index contributed by atoms with van der Waals surface area (Å²) in [5.41, 5.74) is 2.34. The maximum absolute atomic E-state index is 13.0. The van der Waals surface area contributed by atoms with E-state index in [1.807, 2.05) is 31.1 Å². The first kappa shape index (κ1) is 20.7. The number of halogens is 2. The van der Waals surface area contributed by atoms with E-state index in [4.69, 9.17) is 23.2 Å².